The topological polar surface area (TPSA) is 24.5 Å². The maximum Gasteiger partial charge on any atom is 0.122 e. The van der Waals surface area contributed by atoms with Gasteiger partial charge in [-0.15, -0.1) is 0 Å². The van der Waals surface area contributed by atoms with Crippen molar-refractivity contribution < 1.29 is 4.74 Å². The molecule has 0 aliphatic carbocycles. The standard InChI is InChI=1S/C6H14N2O/c1-8-4-3-7-5-6(8)9-2/h6-7H,3-5H2,1-2H3/t6-/m0/s1. The van der Waals surface area contributed by atoms with Crippen LogP contribution >= 0.6 is 0 Å². The van der Waals surface area contributed by atoms with Crippen molar-refractivity contribution in [2.24, 2.45) is 0 Å². The summed E-state index contributed by atoms with van der Waals surface area (Å²) in [6.07, 6.45) is 0.277. The zero-order valence-electron chi connectivity index (χ0n) is 6.05. The molecule has 1 atom stereocenters. The van der Waals surface area contributed by atoms with E-state index in [2.05, 4.69) is 17.3 Å². The van der Waals surface area contributed by atoms with E-state index in [1.807, 2.05) is 0 Å². The third-order valence-corrected chi connectivity index (χ3v) is 1.72. The lowest BCUT2D eigenvalue weighted by atomic mass is 10.4. The van der Waals surface area contributed by atoms with E-state index in [1.54, 1.807) is 7.11 Å². The van der Waals surface area contributed by atoms with Crippen molar-refractivity contribution in [3.8, 4) is 0 Å². The fourth-order valence-corrected chi connectivity index (χ4v) is 1.04. The highest BCUT2D eigenvalue weighted by Gasteiger charge is 2.16. The van der Waals surface area contributed by atoms with Gasteiger partial charge in [0.15, 0.2) is 0 Å². The summed E-state index contributed by atoms with van der Waals surface area (Å²) in [6.45, 7) is 3.11. The number of piperazine rings is 1. The Labute approximate surface area is 56.0 Å². The number of likely N-dealkylation sites (N-methyl/N-ethyl adjacent to an activating group) is 1. The lowest BCUT2D eigenvalue weighted by Gasteiger charge is -2.31. The summed E-state index contributed by atoms with van der Waals surface area (Å²) in [5, 5.41) is 3.25. The molecule has 0 saturated carbocycles. The lowest BCUT2D eigenvalue weighted by molar-refractivity contribution is -0.0304. The van der Waals surface area contributed by atoms with Gasteiger partial charge in [0, 0.05) is 26.7 Å². The molecule has 0 amide bonds. The van der Waals surface area contributed by atoms with Crippen LogP contribution < -0.4 is 5.32 Å². The van der Waals surface area contributed by atoms with E-state index in [4.69, 9.17) is 4.74 Å². The zero-order valence-corrected chi connectivity index (χ0v) is 6.05. The number of nitrogens with one attached hydrogen (secondary N) is 1. The summed E-state index contributed by atoms with van der Waals surface area (Å²) in [6, 6.07) is 0. The van der Waals surface area contributed by atoms with Crippen LogP contribution in [0.4, 0.5) is 0 Å². The molecule has 54 valence electrons. The van der Waals surface area contributed by atoms with Crippen LogP contribution in [0.15, 0.2) is 0 Å². The minimum atomic E-state index is 0.277. The summed E-state index contributed by atoms with van der Waals surface area (Å²) in [5.41, 5.74) is 0. The maximum atomic E-state index is 5.17. The molecule has 3 heteroatoms. The van der Waals surface area contributed by atoms with Crippen molar-refractivity contribution in [2.45, 2.75) is 6.23 Å². The molecule has 0 spiro atoms. The molecule has 0 bridgehead atoms. The highest BCUT2D eigenvalue weighted by molar-refractivity contribution is 4.68. The van der Waals surface area contributed by atoms with Crippen LogP contribution in [0.2, 0.25) is 0 Å². The van der Waals surface area contributed by atoms with Crippen LogP contribution in [-0.2, 0) is 4.74 Å². The number of hydrogen-bond donors (Lipinski definition) is 1. The molecule has 0 aromatic rings. The SMILES string of the molecule is CO[C@H]1CNCCN1C. The van der Waals surface area contributed by atoms with Crippen molar-refractivity contribution in [1.29, 1.82) is 0 Å². The second kappa shape index (κ2) is 3.15. The van der Waals surface area contributed by atoms with Gasteiger partial charge in [-0.05, 0) is 7.05 Å². The van der Waals surface area contributed by atoms with Gasteiger partial charge in [0.2, 0.25) is 0 Å². The minimum absolute atomic E-state index is 0.277. The number of rotatable bonds is 1. The fourth-order valence-electron chi connectivity index (χ4n) is 1.04. The molecule has 0 aromatic heterocycles. The minimum Gasteiger partial charge on any atom is -0.365 e. The maximum absolute atomic E-state index is 5.17. The van der Waals surface area contributed by atoms with Gasteiger partial charge < -0.3 is 10.1 Å². The average Bonchev–Trinajstić information content (AvgIpc) is 1.89. The van der Waals surface area contributed by atoms with Crippen molar-refractivity contribution in [3.63, 3.8) is 0 Å². The number of nitrogens with zero attached hydrogens (tertiary/aromatic N) is 1. The van der Waals surface area contributed by atoms with Crippen LogP contribution in [0.25, 0.3) is 0 Å². The first-order valence-corrected chi connectivity index (χ1v) is 3.28. The molecule has 0 unspecified atom stereocenters. The van der Waals surface area contributed by atoms with E-state index in [0.29, 0.717) is 0 Å². The molecule has 1 saturated heterocycles. The third-order valence-electron chi connectivity index (χ3n) is 1.72. The first-order valence-electron chi connectivity index (χ1n) is 3.28. The Morgan fingerprint density at radius 1 is 1.67 bits per heavy atom. The van der Waals surface area contributed by atoms with E-state index in [1.165, 1.54) is 0 Å². The van der Waals surface area contributed by atoms with Crippen LogP contribution in [0.5, 0.6) is 0 Å². The molecular weight excluding hydrogens is 116 g/mol. The lowest BCUT2D eigenvalue weighted by Crippen LogP contribution is -2.49. The van der Waals surface area contributed by atoms with E-state index in [0.717, 1.165) is 19.6 Å². The van der Waals surface area contributed by atoms with Crippen molar-refractivity contribution in [2.75, 3.05) is 33.8 Å². The molecule has 1 aliphatic heterocycles. The van der Waals surface area contributed by atoms with Crippen LogP contribution in [-0.4, -0.2) is 44.9 Å². The molecule has 1 rings (SSSR count). The highest BCUT2D eigenvalue weighted by Crippen LogP contribution is 1.98. The normalized spacial score (nSPS) is 30.7. The van der Waals surface area contributed by atoms with E-state index >= 15 is 0 Å². The van der Waals surface area contributed by atoms with Gasteiger partial charge in [0.05, 0.1) is 0 Å². The van der Waals surface area contributed by atoms with Gasteiger partial charge in [-0.3, -0.25) is 4.90 Å². The second-order valence-electron chi connectivity index (χ2n) is 2.38. The highest BCUT2D eigenvalue weighted by atomic mass is 16.5. The van der Waals surface area contributed by atoms with Crippen LogP contribution in [0.3, 0.4) is 0 Å². The Morgan fingerprint density at radius 3 is 2.89 bits per heavy atom. The van der Waals surface area contributed by atoms with Gasteiger partial charge >= 0.3 is 0 Å². The van der Waals surface area contributed by atoms with E-state index in [-0.39, 0.29) is 6.23 Å². The Morgan fingerprint density at radius 2 is 2.44 bits per heavy atom. The molecule has 3 nitrogen and oxygen atoms in total. The summed E-state index contributed by atoms with van der Waals surface area (Å²) >= 11 is 0. The predicted molar refractivity (Wildman–Crippen MR) is 36.3 cm³/mol. The van der Waals surface area contributed by atoms with Crippen molar-refractivity contribution in [1.82, 2.24) is 10.2 Å². The largest absolute Gasteiger partial charge is 0.365 e. The molecule has 0 aromatic carbocycles. The number of methoxy groups -OCH3 is 1. The zero-order chi connectivity index (χ0) is 6.69. The van der Waals surface area contributed by atoms with Crippen LogP contribution in [0.1, 0.15) is 0 Å². The number of ether oxygens (including phenoxy) is 1. The quantitative estimate of drug-likeness (QED) is 0.517. The molecule has 1 aliphatic rings. The Kier molecular flexibility index (Phi) is 2.45. The summed E-state index contributed by atoms with van der Waals surface area (Å²) in [5.74, 6) is 0. The van der Waals surface area contributed by atoms with Gasteiger partial charge in [-0.2, -0.15) is 0 Å². The van der Waals surface area contributed by atoms with E-state index in [9.17, 15) is 0 Å². The molecule has 1 fully saturated rings. The monoisotopic (exact) mass is 130 g/mol. The van der Waals surface area contributed by atoms with Gasteiger partial charge in [0.25, 0.3) is 0 Å². The summed E-state index contributed by atoms with van der Waals surface area (Å²) in [7, 11) is 3.82. The molecule has 1 heterocycles. The number of hydrogen-bond acceptors (Lipinski definition) is 3. The Bertz CT molecular complexity index is 87.1. The second-order valence-corrected chi connectivity index (χ2v) is 2.38. The fraction of sp³-hybridized carbons (Fsp3) is 1.00. The molecule has 9 heavy (non-hydrogen) atoms. The molecule has 1 N–H and O–H groups in total. The Hall–Kier alpha value is -0.120. The van der Waals surface area contributed by atoms with Gasteiger partial charge in [0.1, 0.15) is 6.23 Å². The smallest absolute Gasteiger partial charge is 0.122 e. The van der Waals surface area contributed by atoms with Crippen molar-refractivity contribution >= 4 is 0 Å². The first-order chi connectivity index (χ1) is 4.34. The van der Waals surface area contributed by atoms with E-state index < -0.39 is 0 Å². The molecular formula is C6H14N2O. The average molecular weight is 130 g/mol. The van der Waals surface area contributed by atoms with Crippen LogP contribution in [0, 0.1) is 0 Å². The third kappa shape index (κ3) is 1.64. The summed E-state index contributed by atoms with van der Waals surface area (Å²) < 4.78 is 5.17. The predicted octanol–water partition coefficient (Wildman–Crippen LogP) is -0.506. The Balaban J connectivity index is 2.30. The van der Waals surface area contributed by atoms with Gasteiger partial charge in [-0.25, -0.2) is 0 Å². The first kappa shape index (κ1) is 6.99. The van der Waals surface area contributed by atoms with Crippen molar-refractivity contribution in [3.05, 3.63) is 0 Å². The van der Waals surface area contributed by atoms with Gasteiger partial charge in [-0.1, -0.05) is 0 Å². The summed E-state index contributed by atoms with van der Waals surface area (Å²) in [4.78, 5) is 2.20. The molecule has 0 radical (unpaired) electrons.